The summed E-state index contributed by atoms with van der Waals surface area (Å²) in [5.74, 6) is 0. The van der Waals surface area contributed by atoms with Crippen LogP contribution in [0.5, 0.6) is 0 Å². The molecule has 0 saturated carbocycles. The maximum atomic E-state index is 6.14. The van der Waals surface area contributed by atoms with Crippen LogP contribution < -0.4 is 5.73 Å². The first-order chi connectivity index (χ1) is 6.83. The number of nitrogens with zero attached hydrogens (tertiary/aromatic N) is 1. The van der Waals surface area contributed by atoms with Crippen molar-refractivity contribution in [3.05, 3.63) is 34.9 Å². The summed E-state index contributed by atoms with van der Waals surface area (Å²) in [5.41, 5.74) is 6.79. The van der Waals surface area contributed by atoms with Gasteiger partial charge in [0.2, 0.25) is 0 Å². The summed E-state index contributed by atoms with van der Waals surface area (Å²) in [6.07, 6.45) is 1.20. The lowest BCUT2D eigenvalue weighted by molar-refractivity contribution is 0.0952. The van der Waals surface area contributed by atoms with Crippen molar-refractivity contribution in [2.24, 2.45) is 5.73 Å². The first kappa shape index (κ1) is 9.97. The van der Waals surface area contributed by atoms with Gasteiger partial charge in [0.25, 0.3) is 0 Å². The molecule has 0 amide bonds. The molecule has 1 atom stereocenters. The van der Waals surface area contributed by atoms with Gasteiger partial charge in [-0.25, -0.2) is 0 Å². The van der Waals surface area contributed by atoms with Crippen molar-refractivity contribution in [3.8, 4) is 0 Å². The van der Waals surface area contributed by atoms with Gasteiger partial charge in [0.1, 0.15) is 0 Å². The molecule has 2 rings (SSSR count). The Bertz CT molecular complexity index is 314. The lowest BCUT2D eigenvalue weighted by Crippen LogP contribution is -2.43. The van der Waals surface area contributed by atoms with Gasteiger partial charge in [0.05, 0.1) is 0 Å². The zero-order valence-electron chi connectivity index (χ0n) is 8.12. The van der Waals surface area contributed by atoms with Crippen molar-refractivity contribution in [3.63, 3.8) is 0 Å². The van der Waals surface area contributed by atoms with Gasteiger partial charge in [0, 0.05) is 30.7 Å². The van der Waals surface area contributed by atoms with Crippen LogP contribution in [0, 0.1) is 0 Å². The highest BCUT2D eigenvalue weighted by Crippen LogP contribution is 2.36. The van der Waals surface area contributed by atoms with Crippen LogP contribution in [0.25, 0.3) is 0 Å². The Labute approximate surface area is 89.7 Å². The minimum Gasteiger partial charge on any atom is -0.329 e. The van der Waals surface area contributed by atoms with Crippen molar-refractivity contribution < 1.29 is 0 Å². The number of nitrogens with two attached hydrogens (primary N) is 1. The second-order valence-corrected chi connectivity index (χ2v) is 4.06. The molecule has 1 unspecified atom stereocenters. The predicted molar refractivity (Wildman–Crippen MR) is 59.4 cm³/mol. The first-order valence-corrected chi connectivity index (χ1v) is 5.39. The number of halogens is 1. The second kappa shape index (κ2) is 4.30. The van der Waals surface area contributed by atoms with Crippen LogP contribution in [0.4, 0.5) is 0 Å². The van der Waals surface area contributed by atoms with Gasteiger partial charge in [-0.2, -0.15) is 0 Å². The van der Waals surface area contributed by atoms with E-state index in [2.05, 4.69) is 11.0 Å². The zero-order valence-corrected chi connectivity index (χ0v) is 8.87. The number of hydrogen-bond donors (Lipinski definition) is 1. The summed E-state index contributed by atoms with van der Waals surface area (Å²) in [4.78, 5) is 2.38. The maximum absolute atomic E-state index is 6.14. The molecule has 1 aliphatic rings. The van der Waals surface area contributed by atoms with Crippen LogP contribution in [-0.2, 0) is 0 Å². The third kappa shape index (κ3) is 1.78. The van der Waals surface area contributed by atoms with E-state index >= 15 is 0 Å². The molecular formula is C11H15ClN2. The highest BCUT2D eigenvalue weighted by molar-refractivity contribution is 6.31. The van der Waals surface area contributed by atoms with Crippen molar-refractivity contribution in [1.29, 1.82) is 0 Å². The molecular weight excluding hydrogens is 196 g/mol. The maximum Gasteiger partial charge on any atom is 0.0453 e. The lowest BCUT2D eigenvalue weighted by atomic mass is 9.95. The van der Waals surface area contributed by atoms with Gasteiger partial charge in [-0.3, -0.25) is 4.90 Å². The predicted octanol–water partition coefficient (Wildman–Crippen LogP) is 2.05. The van der Waals surface area contributed by atoms with Crippen LogP contribution in [0.3, 0.4) is 0 Å². The van der Waals surface area contributed by atoms with E-state index < -0.39 is 0 Å². The quantitative estimate of drug-likeness (QED) is 0.828. The smallest absolute Gasteiger partial charge is 0.0453 e. The molecule has 1 heterocycles. The third-order valence-electron chi connectivity index (χ3n) is 2.81. The van der Waals surface area contributed by atoms with E-state index in [4.69, 9.17) is 17.3 Å². The molecule has 2 N–H and O–H groups in total. The van der Waals surface area contributed by atoms with E-state index in [1.165, 1.54) is 12.0 Å². The minimum absolute atomic E-state index is 0.493. The fourth-order valence-electron chi connectivity index (χ4n) is 1.97. The lowest BCUT2D eigenvalue weighted by Gasteiger charge is -2.41. The molecule has 0 spiro atoms. The SMILES string of the molecule is NCCN1CCC1c1ccccc1Cl. The molecule has 1 aromatic carbocycles. The van der Waals surface area contributed by atoms with Crippen LogP contribution in [0.15, 0.2) is 24.3 Å². The number of hydrogen-bond acceptors (Lipinski definition) is 2. The summed E-state index contributed by atoms with van der Waals surface area (Å²) in [6.45, 7) is 2.84. The average Bonchev–Trinajstić information content (AvgIpc) is 2.16. The highest BCUT2D eigenvalue weighted by atomic mass is 35.5. The van der Waals surface area contributed by atoms with Gasteiger partial charge in [0.15, 0.2) is 0 Å². The minimum atomic E-state index is 0.493. The second-order valence-electron chi connectivity index (χ2n) is 3.65. The normalized spacial score (nSPS) is 22.0. The fraction of sp³-hybridized carbons (Fsp3) is 0.455. The molecule has 0 aliphatic carbocycles. The van der Waals surface area contributed by atoms with Crippen molar-refractivity contribution >= 4 is 11.6 Å². The standard InChI is InChI=1S/C11H15ClN2/c12-10-4-2-1-3-9(10)11-5-7-14(11)8-6-13/h1-4,11H,5-8,13H2. The molecule has 76 valence electrons. The Morgan fingerprint density at radius 2 is 2.21 bits per heavy atom. The number of likely N-dealkylation sites (tertiary alicyclic amines) is 1. The van der Waals surface area contributed by atoms with E-state index in [0.717, 1.165) is 24.7 Å². The van der Waals surface area contributed by atoms with Crippen LogP contribution in [0.2, 0.25) is 5.02 Å². The van der Waals surface area contributed by atoms with Gasteiger partial charge in [-0.05, 0) is 18.1 Å². The van der Waals surface area contributed by atoms with Crippen molar-refractivity contribution in [1.82, 2.24) is 4.90 Å². The topological polar surface area (TPSA) is 29.3 Å². The van der Waals surface area contributed by atoms with Crippen molar-refractivity contribution in [2.75, 3.05) is 19.6 Å². The van der Waals surface area contributed by atoms with E-state index in [9.17, 15) is 0 Å². The fourth-order valence-corrected chi connectivity index (χ4v) is 2.23. The van der Waals surface area contributed by atoms with Gasteiger partial charge in [-0.15, -0.1) is 0 Å². The van der Waals surface area contributed by atoms with Gasteiger partial charge < -0.3 is 5.73 Å². The summed E-state index contributed by atoms with van der Waals surface area (Å²) < 4.78 is 0. The monoisotopic (exact) mass is 210 g/mol. The van der Waals surface area contributed by atoms with Crippen molar-refractivity contribution in [2.45, 2.75) is 12.5 Å². The summed E-state index contributed by atoms with van der Waals surface area (Å²) in [6, 6.07) is 8.57. The molecule has 14 heavy (non-hydrogen) atoms. The van der Waals surface area contributed by atoms with Crippen LogP contribution in [0.1, 0.15) is 18.0 Å². The van der Waals surface area contributed by atoms with E-state index in [1.54, 1.807) is 0 Å². The van der Waals surface area contributed by atoms with Gasteiger partial charge >= 0.3 is 0 Å². The number of rotatable bonds is 3. The Balaban J connectivity index is 2.12. The van der Waals surface area contributed by atoms with E-state index in [0.29, 0.717) is 6.04 Å². The number of benzene rings is 1. The Morgan fingerprint density at radius 1 is 1.43 bits per heavy atom. The molecule has 1 aliphatic heterocycles. The molecule has 1 aromatic rings. The molecule has 2 nitrogen and oxygen atoms in total. The third-order valence-corrected chi connectivity index (χ3v) is 3.16. The molecule has 0 bridgehead atoms. The molecule has 1 fully saturated rings. The summed E-state index contributed by atoms with van der Waals surface area (Å²) in [5, 5.41) is 0.874. The largest absolute Gasteiger partial charge is 0.329 e. The average molecular weight is 211 g/mol. The van der Waals surface area contributed by atoms with Crippen LogP contribution >= 0.6 is 11.6 Å². The van der Waals surface area contributed by atoms with Gasteiger partial charge in [-0.1, -0.05) is 29.8 Å². The van der Waals surface area contributed by atoms with E-state index in [-0.39, 0.29) is 0 Å². The molecule has 0 radical (unpaired) electrons. The Kier molecular flexibility index (Phi) is 3.06. The Morgan fingerprint density at radius 3 is 2.79 bits per heavy atom. The van der Waals surface area contributed by atoms with Crippen LogP contribution in [-0.4, -0.2) is 24.5 Å². The summed E-state index contributed by atoms with van der Waals surface area (Å²) >= 11 is 6.14. The zero-order chi connectivity index (χ0) is 9.97. The molecule has 1 saturated heterocycles. The summed E-state index contributed by atoms with van der Waals surface area (Å²) in [7, 11) is 0. The molecule has 3 heteroatoms. The first-order valence-electron chi connectivity index (χ1n) is 5.01. The Hall–Kier alpha value is -0.570. The molecule has 0 aromatic heterocycles. The van der Waals surface area contributed by atoms with E-state index in [1.807, 2.05) is 18.2 Å². The highest BCUT2D eigenvalue weighted by Gasteiger charge is 2.29.